The summed E-state index contributed by atoms with van der Waals surface area (Å²) in [6.45, 7) is 3.41. The second kappa shape index (κ2) is 11.5. The molecule has 0 aliphatic carbocycles. The summed E-state index contributed by atoms with van der Waals surface area (Å²) >= 11 is 6.17. The molecule has 4 aromatic rings. The maximum absolute atomic E-state index is 13.8. The van der Waals surface area contributed by atoms with E-state index in [0.717, 1.165) is 15.4 Å². The highest BCUT2D eigenvalue weighted by Crippen LogP contribution is 2.34. The molecule has 0 aliphatic heterocycles. The molecule has 4 rings (SSSR count). The highest BCUT2D eigenvalue weighted by atomic mass is 35.5. The average molecular weight is 606 g/mol. The van der Waals surface area contributed by atoms with Gasteiger partial charge in [-0.2, -0.15) is 8.42 Å². The second-order valence-electron chi connectivity index (χ2n) is 9.20. The molecular weight excluding hydrogens is 578 g/mol. The van der Waals surface area contributed by atoms with Crippen molar-refractivity contribution in [1.82, 2.24) is 10.3 Å². The Labute approximate surface area is 237 Å². The molecule has 1 heterocycles. The minimum absolute atomic E-state index is 0.0137. The summed E-state index contributed by atoms with van der Waals surface area (Å²) in [5, 5.41) is 3.22. The van der Waals surface area contributed by atoms with Crippen LogP contribution in [0.4, 0.5) is 5.69 Å². The fourth-order valence-corrected chi connectivity index (χ4v) is 7.13. The topological polar surface area (TPSA) is 146 Å². The van der Waals surface area contributed by atoms with E-state index in [9.17, 15) is 26.2 Å². The van der Waals surface area contributed by atoms with Crippen LogP contribution in [0, 0.1) is 13.8 Å². The molecule has 0 saturated carbocycles. The number of aromatic nitrogens is 1. The number of nitrogens with one attached hydrogen (secondary N) is 2. The van der Waals surface area contributed by atoms with E-state index >= 15 is 0 Å². The third-order valence-electron chi connectivity index (χ3n) is 6.18. The molecular formula is C27H28ClN3O7S2. The van der Waals surface area contributed by atoms with Gasteiger partial charge in [0.25, 0.3) is 5.91 Å². The van der Waals surface area contributed by atoms with Gasteiger partial charge in [-0.1, -0.05) is 17.7 Å². The Morgan fingerprint density at radius 3 is 2.25 bits per heavy atom. The number of hydrogen-bond donors (Lipinski definition) is 3. The van der Waals surface area contributed by atoms with Crippen LogP contribution >= 0.6 is 11.6 Å². The van der Waals surface area contributed by atoms with Gasteiger partial charge in [0.1, 0.15) is 16.3 Å². The van der Waals surface area contributed by atoms with E-state index in [0.29, 0.717) is 16.3 Å². The van der Waals surface area contributed by atoms with Crippen LogP contribution in [0.15, 0.2) is 70.5 Å². The number of rotatable bonds is 10. The van der Waals surface area contributed by atoms with Crippen LogP contribution in [-0.2, 0) is 20.1 Å². The highest BCUT2D eigenvalue weighted by molar-refractivity contribution is 7.91. The number of benzene rings is 3. The van der Waals surface area contributed by atoms with Crippen molar-refractivity contribution in [3.63, 3.8) is 0 Å². The Hall–Kier alpha value is -3.58. The molecule has 1 amide bonds. The van der Waals surface area contributed by atoms with Crippen LogP contribution in [0.5, 0.6) is 5.75 Å². The molecule has 0 radical (unpaired) electrons. The van der Waals surface area contributed by atoms with Crippen LogP contribution in [-0.4, -0.2) is 52.5 Å². The Morgan fingerprint density at radius 1 is 1.00 bits per heavy atom. The molecule has 3 N–H and O–H groups in total. The summed E-state index contributed by atoms with van der Waals surface area (Å²) in [4.78, 5) is 16.0. The summed E-state index contributed by atoms with van der Waals surface area (Å²) in [7, 11) is -7.27. The number of sulfone groups is 1. The molecule has 0 fully saturated rings. The number of hydrogen-bond acceptors (Lipinski definition) is 6. The smallest absolute Gasteiger partial charge is 0.359 e. The average Bonchev–Trinajstić information content (AvgIpc) is 3.27. The first-order valence-electron chi connectivity index (χ1n) is 12.1. The van der Waals surface area contributed by atoms with Crippen molar-refractivity contribution in [1.29, 1.82) is 0 Å². The number of aromatic amines is 1. The fourth-order valence-electron chi connectivity index (χ4n) is 4.42. The molecule has 0 aliphatic rings. The molecule has 0 saturated heterocycles. The van der Waals surface area contributed by atoms with Crippen molar-refractivity contribution in [3.05, 3.63) is 82.5 Å². The van der Waals surface area contributed by atoms with Gasteiger partial charge in [-0.3, -0.25) is 9.35 Å². The van der Waals surface area contributed by atoms with Crippen molar-refractivity contribution < 1.29 is 30.9 Å². The highest BCUT2D eigenvalue weighted by Gasteiger charge is 2.30. The van der Waals surface area contributed by atoms with Crippen LogP contribution in [0.25, 0.3) is 10.9 Å². The number of nitrogens with zero attached hydrogens (tertiary/aromatic N) is 1. The zero-order valence-electron chi connectivity index (χ0n) is 21.9. The lowest BCUT2D eigenvalue weighted by Gasteiger charge is -2.21. The number of fused-ring (bicyclic) bond motifs is 1. The van der Waals surface area contributed by atoms with E-state index in [1.165, 1.54) is 37.4 Å². The lowest BCUT2D eigenvalue weighted by molar-refractivity contribution is 0.0946. The number of anilines is 1. The van der Waals surface area contributed by atoms with E-state index in [1.807, 2.05) is 6.07 Å². The number of ether oxygens (including phenoxy) is 1. The number of methoxy groups -OCH3 is 1. The predicted octanol–water partition coefficient (Wildman–Crippen LogP) is 4.71. The minimum atomic E-state index is -4.59. The van der Waals surface area contributed by atoms with Crippen molar-refractivity contribution in [2.24, 2.45) is 0 Å². The number of amides is 1. The molecule has 0 unspecified atom stereocenters. The van der Waals surface area contributed by atoms with Gasteiger partial charge in [0, 0.05) is 29.0 Å². The molecule has 0 bridgehead atoms. The Bertz CT molecular complexity index is 1760. The van der Waals surface area contributed by atoms with Gasteiger partial charge in [-0.25, -0.2) is 12.7 Å². The van der Waals surface area contributed by atoms with Crippen LogP contribution in [0.3, 0.4) is 0 Å². The quantitative estimate of drug-likeness (QED) is 0.175. The fraction of sp³-hybridized carbons (Fsp3) is 0.222. The number of halogens is 1. The summed E-state index contributed by atoms with van der Waals surface area (Å²) in [5.41, 5.74) is 1.96. The molecule has 40 heavy (non-hydrogen) atoms. The maximum atomic E-state index is 13.8. The summed E-state index contributed by atoms with van der Waals surface area (Å²) in [6.07, 6.45) is 0.114. The molecule has 0 spiro atoms. The van der Waals surface area contributed by atoms with Gasteiger partial charge in [-0.15, -0.1) is 0 Å². The summed E-state index contributed by atoms with van der Waals surface area (Å²) < 4.78 is 67.2. The Balaban J connectivity index is 1.60. The largest absolute Gasteiger partial charge is 0.497 e. The van der Waals surface area contributed by atoms with Crippen molar-refractivity contribution >= 4 is 54.2 Å². The van der Waals surface area contributed by atoms with Gasteiger partial charge in [0.05, 0.1) is 17.7 Å². The zero-order chi connectivity index (χ0) is 29.2. The first kappa shape index (κ1) is 29.4. The molecule has 212 valence electrons. The molecule has 1 aromatic heterocycles. The van der Waals surface area contributed by atoms with E-state index < -0.39 is 26.0 Å². The minimum Gasteiger partial charge on any atom is -0.497 e. The SMILES string of the molecule is COc1ccc(N(CCCNC(=O)c2[nH]c3ccc(Cl)cc3c2S(=O)(=O)c2cc(C)cc(C)c2)S(=O)(=O)O)cc1. The van der Waals surface area contributed by atoms with Gasteiger partial charge in [0.2, 0.25) is 9.84 Å². The second-order valence-corrected chi connectivity index (χ2v) is 12.9. The monoisotopic (exact) mass is 605 g/mol. The van der Waals surface area contributed by atoms with Gasteiger partial charge in [0.15, 0.2) is 0 Å². The third kappa shape index (κ3) is 6.25. The van der Waals surface area contributed by atoms with Crippen molar-refractivity contribution in [2.45, 2.75) is 30.1 Å². The number of H-pyrrole nitrogens is 1. The lowest BCUT2D eigenvalue weighted by Crippen LogP contribution is -2.34. The Kier molecular flexibility index (Phi) is 8.45. The number of carbonyl (C=O) groups is 1. The predicted molar refractivity (Wildman–Crippen MR) is 154 cm³/mol. The van der Waals surface area contributed by atoms with Crippen molar-refractivity contribution in [3.8, 4) is 5.75 Å². The number of aryl methyl sites for hydroxylation is 2. The van der Waals surface area contributed by atoms with Crippen LogP contribution in [0.2, 0.25) is 5.02 Å². The third-order valence-corrected chi connectivity index (χ3v) is 9.18. The van der Waals surface area contributed by atoms with Crippen molar-refractivity contribution in [2.75, 3.05) is 24.5 Å². The zero-order valence-corrected chi connectivity index (χ0v) is 24.3. The lowest BCUT2D eigenvalue weighted by atomic mass is 10.2. The first-order chi connectivity index (χ1) is 18.8. The van der Waals surface area contributed by atoms with Gasteiger partial charge < -0.3 is 15.0 Å². The van der Waals surface area contributed by atoms with Crippen LogP contribution in [0.1, 0.15) is 28.0 Å². The normalized spacial score (nSPS) is 11.9. The van der Waals surface area contributed by atoms with E-state index in [2.05, 4.69) is 10.3 Å². The van der Waals surface area contributed by atoms with E-state index in [4.69, 9.17) is 16.3 Å². The van der Waals surface area contributed by atoms with Gasteiger partial charge >= 0.3 is 10.3 Å². The van der Waals surface area contributed by atoms with E-state index in [-0.39, 0.29) is 46.1 Å². The Morgan fingerprint density at radius 2 is 1.65 bits per heavy atom. The van der Waals surface area contributed by atoms with Crippen LogP contribution < -0.4 is 14.4 Å². The maximum Gasteiger partial charge on any atom is 0.359 e. The standard InChI is InChI=1S/C27H28ClN3O7S2/c1-17-13-18(2)15-22(14-17)39(33,34)26-23-16-19(28)5-10-24(23)30-25(26)27(32)29-11-4-12-31(40(35,36)37)20-6-8-21(38-3)9-7-20/h5-10,13-16,30H,4,11-12H2,1-3H3,(H,29,32)(H,35,36,37). The van der Waals surface area contributed by atoms with E-state index in [1.54, 1.807) is 38.1 Å². The van der Waals surface area contributed by atoms with Gasteiger partial charge in [-0.05, 0) is 86.0 Å². The summed E-state index contributed by atoms with van der Waals surface area (Å²) in [6, 6.07) is 15.6. The summed E-state index contributed by atoms with van der Waals surface area (Å²) in [5.74, 6) is -0.185. The molecule has 13 heteroatoms. The molecule has 0 atom stereocenters. The molecule has 3 aromatic carbocycles. The first-order valence-corrected chi connectivity index (χ1v) is 15.4. The number of carbonyl (C=O) groups excluding carboxylic acids is 1. The molecule has 10 nitrogen and oxygen atoms in total.